The fraction of sp³-hybridized carbons (Fsp3) is 0.462. The third-order valence-electron chi connectivity index (χ3n) is 2.87. The van der Waals surface area contributed by atoms with Gasteiger partial charge in [0.15, 0.2) is 0 Å². The third kappa shape index (κ3) is 3.20. The van der Waals surface area contributed by atoms with Gasteiger partial charge in [-0.05, 0) is 37.5 Å². The average molecular weight is 333 g/mol. The van der Waals surface area contributed by atoms with Crippen LogP contribution in [-0.4, -0.2) is 23.9 Å². The van der Waals surface area contributed by atoms with E-state index in [0.29, 0.717) is 5.75 Å². The highest BCUT2D eigenvalue weighted by Crippen LogP contribution is 2.41. The number of carboxylic acid groups (broad SMARTS) is 1. The zero-order valence-corrected chi connectivity index (χ0v) is 13.4. The molecule has 1 aromatic carbocycles. The van der Waals surface area contributed by atoms with Crippen LogP contribution in [0.5, 0.6) is 5.75 Å². The second kappa shape index (κ2) is 6.48. The molecule has 18 heavy (non-hydrogen) atoms. The van der Waals surface area contributed by atoms with Gasteiger partial charge in [-0.1, -0.05) is 15.9 Å². The lowest BCUT2D eigenvalue weighted by atomic mass is 10.1. The summed E-state index contributed by atoms with van der Waals surface area (Å²) >= 11 is 5.11. The zero-order valence-electron chi connectivity index (χ0n) is 11.0. The van der Waals surface area contributed by atoms with E-state index in [1.807, 2.05) is 20.8 Å². The molecule has 0 fully saturated rings. The summed E-state index contributed by atoms with van der Waals surface area (Å²) in [7, 11) is 1.65. The standard InChI is InChI=1S/C13H17BrO3S/c1-7-8(2)12(17-4)13(9(3)11(7)14)18-6-5-10(15)16/h5-6H2,1-4H3,(H,15,16). The quantitative estimate of drug-likeness (QED) is 0.829. The van der Waals surface area contributed by atoms with Crippen molar-refractivity contribution in [2.24, 2.45) is 0 Å². The molecule has 0 unspecified atom stereocenters. The van der Waals surface area contributed by atoms with Crippen LogP contribution in [0.3, 0.4) is 0 Å². The van der Waals surface area contributed by atoms with Crippen LogP contribution in [0.25, 0.3) is 0 Å². The molecule has 0 spiro atoms. The number of ether oxygens (including phenoxy) is 1. The first kappa shape index (κ1) is 15.4. The molecule has 0 bridgehead atoms. The van der Waals surface area contributed by atoms with E-state index in [9.17, 15) is 4.79 Å². The Kier molecular flexibility index (Phi) is 5.53. The number of carbonyl (C=O) groups is 1. The van der Waals surface area contributed by atoms with Crippen molar-refractivity contribution in [1.82, 2.24) is 0 Å². The van der Waals surface area contributed by atoms with Crippen LogP contribution in [-0.2, 0) is 4.79 Å². The summed E-state index contributed by atoms with van der Waals surface area (Å²) in [5.74, 6) is 0.618. The first-order valence-electron chi connectivity index (χ1n) is 5.58. The monoisotopic (exact) mass is 332 g/mol. The normalized spacial score (nSPS) is 10.5. The molecule has 1 aromatic rings. The van der Waals surface area contributed by atoms with Crippen LogP contribution in [0.1, 0.15) is 23.1 Å². The molecule has 1 N–H and O–H groups in total. The number of methoxy groups -OCH3 is 1. The van der Waals surface area contributed by atoms with Gasteiger partial charge in [-0.25, -0.2) is 0 Å². The predicted octanol–water partition coefficient (Wildman–Crippen LogP) is 3.95. The zero-order chi connectivity index (χ0) is 13.9. The molecule has 0 aliphatic rings. The van der Waals surface area contributed by atoms with Crippen LogP contribution in [0.15, 0.2) is 9.37 Å². The largest absolute Gasteiger partial charge is 0.495 e. The van der Waals surface area contributed by atoms with E-state index >= 15 is 0 Å². The number of rotatable bonds is 5. The molecule has 0 aromatic heterocycles. The molecular formula is C13H17BrO3S. The van der Waals surface area contributed by atoms with E-state index in [1.54, 1.807) is 7.11 Å². The molecule has 0 atom stereocenters. The highest BCUT2D eigenvalue weighted by atomic mass is 79.9. The number of benzene rings is 1. The van der Waals surface area contributed by atoms with Gasteiger partial charge in [0.2, 0.25) is 0 Å². The Morgan fingerprint density at radius 3 is 2.39 bits per heavy atom. The first-order chi connectivity index (χ1) is 8.40. The maximum absolute atomic E-state index is 10.6. The molecule has 3 nitrogen and oxygen atoms in total. The van der Waals surface area contributed by atoms with Crippen LogP contribution in [0.2, 0.25) is 0 Å². The number of aliphatic carboxylic acids is 1. The molecule has 0 radical (unpaired) electrons. The summed E-state index contributed by atoms with van der Waals surface area (Å²) in [5, 5.41) is 8.69. The Hall–Kier alpha value is -0.680. The Bertz CT molecular complexity index is 472. The van der Waals surface area contributed by atoms with Crippen LogP contribution in [0.4, 0.5) is 0 Å². The number of hydrogen-bond donors (Lipinski definition) is 1. The molecule has 100 valence electrons. The maximum atomic E-state index is 10.6. The summed E-state index contributed by atoms with van der Waals surface area (Å²) in [6.45, 7) is 6.07. The Morgan fingerprint density at radius 1 is 1.28 bits per heavy atom. The lowest BCUT2D eigenvalue weighted by Crippen LogP contribution is -2.00. The summed E-state index contributed by atoms with van der Waals surface area (Å²) in [4.78, 5) is 11.6. The van der Waals surface area contributed by atoms with Crippen LogP contribution >= 0.6 is 27.7 Å². The SMILES string of the molecule is COc1c(C)c(C)c(Br)c(C)c1SCCC(=O)O. The summed E-state index contributed by atoms with van der Waals surface area (Å²) in [6, 6.07) is 0. The Morgan fingerprint density at radius 2 is 1.89 bits per heavy atom. The summed E-state index contributed by atoms with van der Waals surface area (Å²) < 4.78 is 6.53. The van der Waals surface area contributed by atoms with E-state index in [4.69, 9.17) is 9.84 Å². The van der Waals surface area contributed by atoms with Crippen molar-refractivity contribution in [3.8, 4) is 5.75 Å². The lowest BCUT2D eigenvalue weighted by Gasteiger charge is -2.18. The fourth-order valence-electron chi connectivity index (χ4n) is 1.72. The molecule has 0 saturated heterocycles. The van der Waals surface area contributed by atoms with E-state index in [0.717, 1.165) is 31.8 Å². The highest BCUT2D eigenvalue weighted by Gasteiger charge is 2.17. The Labute approximate surface area is 120 Å². The minimum absolute atomic E-state index is 0.151. The number of carboxylic acids is 1. The second-order valence-corrected chi connectivity index (χ2v) is 5.94. The van der Waals surface area contributed by atoms with Gasteiger partial charge < -0.3 is 9.84 Å². The van der Waals surface area contributed by atoms with Gasteiger partial charge >= 0.3 is 5.97 Å². The van der Waals surface area contributed by atoms with E-state index < -0.39 is 5.97 Å². The predicted molar refractivity (Wildman–Crippen MR) is 77.9 cm³/mol. The number of halogens is 1. The lowest BCUT2D eigenvalue weighted by molar-refractivity contribution is -0.136. The minimum atomic E-state index is -0.776. The van der Waals surface area contributed by atoms with Gasteiger partial charge in [-0.2, -0.15) is 0 Å². The van der Waals surface area contributed by atoms with Crippen molar-refractivity contribution in [1.29, 1.82) is 0 Å². The number of thioether (sulfide) groups is 1. The van der Waals surface area contributed by atoms with Gasteiger partial charge in [-0.15, -0.1) is 11.8 Å². The van der Waals surface area contributed by atoms with Crippen molar-refractivity contribution in [2.45, 2.75) is 32.1 Å². The van der Waals surface area contributed by atoms with Crippen molar-refractivity contribution in [3.05, 3.63) is 21.2 Å². The molecule has 0 amide bonds. The number of hydrogen-bond acceptors (Lipinski definition) is 3. The van der Waals surface area contributed by atoms with E-state index in [-0.39, 0.29) is 6.42 Å². The average Bonchev–Trinajstić information content (AvgIpc) is 2.33. The van der Waals surface area contributed by atoms with Gasteiger partial charge in [0.25, 0.3) is 0 Å². The highest BCUT2D eigenvalue weighted by molar-refractivity contribution is 9.10. The molecule has 0 aliphatic heterocycles. The molecule has 0 heterocycles. The smallest absolute Gasteiger partial charge is 0.304 e. The minimum Gasteiger partial charge on any atom is -0.495 e. The molecular weight excluding hydrogens is 316 g/mol. The van der Waals surface area contributed by atoms with Gasteiger partial charge in [0.05, 0.1) is 18.4 Å². The van der Waals surface area contributed by atoms with Crippen molar-refractivity contribution < 1.29 is 14.6 Å². The topological polar surface area (TPSA) is 46.5 Å². The summed E-state index contributed by atoms with van der Waals surface area (Å²) in [6.07, 6.45) is 0.151. The van der Waals surface area contributed by atoms with Crippen molar-refractivity contribution in [2.75, 3.05) is 12.9 Å². The fourth-order valence-corrected chi connectivity index (χ4v) is 3.51. The van der Waals surface area contributed by atoms with Crippen molar-refractivity contribution >= 4 is 33.7 Å². The second-order valence-electron chi connectivity index (χ2n) is 4.04. The van der Waals surface area contributed by atoms with Gasteiger partial charge in [0.1, 0.15) is 5.75 Å². The van der Waals surface area contributed by atoms with E-state index in [1.165, 1.54) is 11.8 Å². The van der Waals surface area contributed by atoms with E-state index in [2.05, 4.69) is 15.9 Å². The van der Waals surface area contributed by atoms with Gasteiger partial charge in [-0.3, -0.25) is 4.79 Å². The molecule has 0 saturated carbocycles. The summed E-state index contributed by atoms with van der Waals surface area (Å²) in [5.41, 5.74) is 3.35. The van der Waals surface area contributed by atoms with Crippen LogP contribution in [0, 0.1) is 20.8 Å². The van der Waals surface area contributed by atoms with Crippen molar-refractivity contribution in [3.63, 3.8) is 0 Å². The Balaban J connectivity index is 3.12. The van der Waals surface area contributed by atoms with Crippen LogP contribution < -0.4 is 4.74 Å². The molecule has 1 rings (SSSR count). The first-order valence-corrected chi connectivity index (χ1v) is 7.35. The van der Waals surface area contributed by atoms with Gasteiger partial charge in [0, 0.05) is 10.2 Å². The molecule has 0 aliphatic carbocycles. The molecule has 5 heteroatoms. The maximum Gasteiger partial charge on any atom is 0.304 e. The third-order valence-corrected chi connectivity index (χ3v) is 5.25.